The fourth-order valence-corrected chi connectivity index (χ4v) is 3.20. The molecule has 128 valence electrons. The van der Waals surface area contributed by atoms with E-state index in [0.29, 0.717) is 13.0 Å². The zero-order chi connectivity index (χ0) is 16.9. The van der Waals surface area contributed by atoms with Gasteiger partial charge in [0.15, 0.2) is 0 Å². The van der Waals surface area contributed by atoms with E-state index in [-0.39, 0.29) is 24.1 Å². The molecule has 1 aromatic carbocycles. The van der Waals surface area contributed by atoms with Crippen LogP contribution in [-0.2, 0) is 10.2 Å². The molecule has 0 radical (unpaired) electrons. The molecular weight excluding hydrogens is 292 g/mol. The molecule has 0 fully saturated rings. The first kappa shape index (κ1) is 17.8. The highest BCUT2D eigenvalue weighted by Gasteiger charge is 2.32. The molecule has 2 unspecified atom stereocenters. The number of hydrogen-bond donors (Lipinski definition) is 3. The maximum absolute atomic E-state index is 12.1. The highest BCUT2D eigenvalue weighted by atomic mass is 16.5. The number of amides is 2. The van der Waals surface area contributed by atoms with Gasteiger partial charge in [-0.15, -0.1) is 0 Å². The van der Waals surface area contributed by atoms with Crippen LogP contribution in [0.4, 0.5) is 4.79 Å². The molecule has 5 heteroatoms. The average molecular weight is 320 g/mol. The number of carbonyl (C=O) groups excluding carboxylic acids is 1. The van der Waals surface area contributed by atoms with Crippen molar-refractivity contribution in [3.8, 4) is 0 Å². The van der Waals surface area contributed by atoms with Gasteiger partial charge in [-0.1, -0.05) is 38.1 Å². The third-order valence-electron chi connectivity index (χ3n) is 4.55. The second kappa shape index (κ2) is 7.79. The van der Waals surface area contributed by atoms with E-state index in [1.54, 1.807) is 7.11 Å². The lowest BCUT2D eigenvalue weighted by Crippen LogP contribution is -2.42. The summed E-state index contributed by atoms with van der Waals surface area (Å²) in [5.74, 6) is 0. The first-order valence-corrected chi connectivity index (χ1v) is 8.25. The second-order valence-corrected chi connectivity index (χ2v) is 6.86. The van der Waals surface area contributed by atoms with E-state index < -0.39 is 6.10 Å². The number of urea groups is 1. The van der Waals surface area contributed by atoms with Gasteiger partial charge in [0.25, 0.3) is 0 Å². The fourth-order valence-electron chi connectivity index (χ4n) is 3.20. The number of nitrogens with one attached hydrogen (secondary N) is 2. The van der Waals surface area contributed by atoms with Crippen molar-refractivity contribution >= 4 is 6.03 Å². The van der Waals surface area contributed by atoms with E-state index in [1.807, 2.05) is 6.07 Å². The maximum atomic E-state index is 12.1. The van der Waals surface area contributed by atoms with E-state index >= 15 is 0 Å². The topological polar surface area (TPSA) is 70.6 Å². The van der Waals surface area contributed by atoms with Gasteiger partial charge in [0.05, 0.1) is 18.8 Å². The minimum atomic E-state index is -0.545. The summed E-state index contributed by atoms with van der Waals surface area (Å²) >= 11 is 0. The zero-order valence-corrected chi connectivity index (χ0v) is 14.3. The van der Waals surface area contributed by atoms with Gasteiger partial charge in [-0.05, 0) is 35.8 Å². The molecule has 3 N–H and O–H groups in total. The molecule has 0 heterocycles. The SMILES string of the molecule is COCC(O)CCNC(=O)NC1CCC(C)(C)c2ccccc21. The lowest BCUT2D eigenvalue weighted by molar-refractivity contribution is 0.0598. The van der Waals surface area contributed by atoms with E-state index in [2.05, 4.69) is 42.7 Å². The fraction of sp³-hybridized carbons (Fsp3) is 0.611. The van der Waals surface area contributed by atoms with Crippen molar-refractivity contribution in [2.75, 3.05) is 20.3 Å². The number of fused-ring (bicyclic) bond motifs is 1. The molecular formula is C18H28N2O3. The Bertz CT molecular complexity index is 531. The summed E-state index contributed by atoms with van der Waals surface area (Å²) in [4.78, 5) is 12.1. The number of rotatable bonds is 6. The molecule has 1 aliphatic rings. The van der Waals surface area contributed by atoms with Crippen LogP contribution in [0.25, 0.3) is 0 Å². The molecule has 5 nitrogen and oxygen atoms in total. The van der Waals surface area contributed by atoms with Gasteiger partial charge in [-0.3, -0.25) is 0 Å². The predicted octanol–water partition coefficient (Wildman–Crippen LogP) is 2.50. The summed E-state index contributed by atoms with van der Waals surface area (Å²) in [5.41, 5.74) is 2.67. The zero-order valence-electron chi connectivity index (χ0n) is 14.3. The number of aliphatic hydroxyl groups is 1. The van der Waals surface area contributed by atoms with Crippen LogP contribution >= 0.6 is 0 Å². The highest BCUT2D eigenvalue weighted by molar-refractivity contribution is 5.74. The molecule has 0 bridgehead atoms. The third kappa shape index (κ3) is 4.69. The van der Waals surface area contributed by atoms with Crippen LogP contribution in [-0.4, -0.2) is 37.5 Å². The van der Waals surface area contributed by atoms with Crippen molar-refractivity contribution in [3.05, 3.63) is 35.4 Å². The largest absolute Gasteiger partial charge is 0.391 e. The Kier molecular flexibility index (Phi) is 6.02. The first-order chi connectivity index (χ1) is 10.9. The molecule has 2 atom stereocenters. The standard InChI is InChI=1S/C18H28N2O3/c1-18(2)10-8-16(14-6-4-5-7-15(14)18)20-17(22)19-11-9-13(21)12-23-3/h4-7,13,16,21H,8-12H2,1-3H3,(H2,19,20,22). The molecule has 0 saturated carbocycles. The van der Waals surface area contributed by atoms with E-state index in [9.17, 15) is 9.90 Å². The van der Waals surface area contributed by atoms with Crippen molar-refractivity contribution in [2.45, 2.75) is 50.7 Å². The van der Waals surface area contributed by atoms with Gasteiger partial charge >= 0.3 is 6.03 Å². The lowest BCUT2D eigenvalue weighted by atomic mass is 9.71. The molecule has 0 spiro atoms. The van der Waals surface area contributed by atoms with Crippen molar-refractivity contribution in [3.63, 3.8) is 0 Å². The number of carbonyl (C=O) groups is 1. The quantitative estimate of drug-likeness (QED) is 0.754. The van der Waals surface area contributed by atoms with Crippen LogP contribution in [0, 0.1) is 0 Å². The van der Waals surface area contributed by atoms with Gasteiger partial charge in [0.1, 0.15) is 0 Å². The Morgan fingerprint density at radius 3 is 2.91 bits per heavy atom. The van der Waals surface area contributed by atoms with Gasteiger partial charge < -0.3 is 20.5 Å². The summed E-state index contributed by atoms with van der Waals surface area (Å²) < 4.78 is 4.86. The number of aliphatic hydroxyl groups excluding tert-OH is 1. The molecule has 0 aromatic heterocycles. The number of benzene rings is 1. The van der Waals surface area contributed by atoms with Crippen molar-refractivity contribution < 1.29 is 14.6 Å². The monoisotopic (exact) mass is 320 g/mol. The smallest absolute Gasteiger partial charge is 0.315 e. The Hall–Kier alpha value is -1.59. The summed E-state index contributed by atoms with van der Waals surface area (Å²) in [6.45, 7) is 5.21. The third-order valence-corrected chi connectivity index (χ3v) is 4.55. The molecule has 0 aliphatic heterocycles. The molecule has 0 saturated heterocycles. The van der Waals surface area contributed by atoms with Crippen LogP contribution < -0.4 is 10.6 Å². The number of hydrogen-bond acceptors (Lipinski definition) is 3. The Balaban J connectivity index is 1.90. The van der Waals surface area contributed by atoms with Crippen molar-refractivity contribution in [1.82, 2.24) is 10.6 Å². The van der Waals surface area contributed by atoms with Crippen LogP contribution in [0.5, 0.6) is 0 Å². The Morgan fingerprint density at radius 2 is 2.17 bits per heavy atom. The lowest BCUT2D eigenvalue weighted by Gasteiger charge is -2.37. The van der Waals surface area contributed by atoms with Gasteiger partial charge in [0.2, 0.25) is 0 Å². The van der Waals surface area contributed by atoms with E-state index in [0.717, 1.165) is 12.8 Å². The second-order valence-electron chi connectivity index (χ2n) is 6.86. The number of ether oxygens (including phenoxy) is 1. The number of methoxy groups -OCH3 is 1. The van der Waals surface area contributed by atoms with E-state index in [1.165, 1.54) is 11.1 Å². The summed E-state index contributed by atoms with van der Waals surface area (Å²) in [7, 11) is 1.55. The van der Waals surface area contributed by atoms with Crippen LogP contribution in [0.3, 0.4) is 0 Å². The van der Waals surface area contributed by atoms with Gasteiger partial charge in [0, 0.05) is 13.7 Å². The Morgan fingerprint density at radius 1 is 1.43 bits per heavy atom. The highest BCUT2D eigenvalue weighted by Crippen LogP contribution is 2.41. The molecule has 2 amide bonds. The molecule has 1 aromatic rings. The summed E-state index contributed by atoms with van der Waals surface area (Å²) in [6, 6.07) is 8.19. The van der Waals surface area contributed by atoms with E-state index in [4.69, 9.17) is 4.74 Å². The van der Waals surface area contributed by atoms with Crippen LogP contribution in [0.2, 0.25) is 0 Å². The molecule has 1 aliphatic carbocycles. The first-order valence-electron chi connectivity index (χ1n) is 8.25. The van der Waals surface area contributed by atoms with Gasteiger partial charge in [-0.25, -0.2) is 4.79 Å². The summed E-state index contributed by atoms with van der Waals surface area (Å²) in [6.07, 6.45) is 1.91. The Labute approximate surface area is 138 Å². The minimum Gasteiger partial charge on any atom is -0.391 e. The molecule has 2 rings (SSSR count). The summed E-state index contributed by atoms with van der Waals surface area (Å²) in [5, 5.41) is 15.4. The van der Waals surface area contributed by atoms with Crippen molar-refractivity contribution in [1.29, 1.82) is 0 Å². The normalized spacial score (nSPS) is 20.4. The average Bonchev–Trinajstić information content (AvgIpc) is 2.51. The predicted molar refractivity (Wildman–Crippen MR) is 90.5 cm³/mol. The van der Waals surface area contributed by atoms with Gasteiger partial charge in [-0.2, -0.15) is 0 Å². The maximum Gasteiger partial charge on any atom is 0.315 e. The van der Waals surface area contributed by atoms with Crippen molar-refractivity contribution in [2.24, 2.45) is 0 Å². The molecule has 23 heavy (non-hydrogen) atoms. The van der Waals surface area contributed by atoms with Crippen LogP contribution in [0.1, 0.15) is 50.3 Å². The minimum absolute atomic E-state index is 0.0446. The van der Waals surface area contributed by atoms with Crippen LogP contribution in [0.15, 0.2) is 24.3 Å².